The highest BCUT2D eigenvalue weighted by atomic mass is 79.9. The Bertz CT molecular complexity index is 739. The highest BCUT2D eigenvalue weighted by Crippen LogP contribution is 2.30. The zero-order valence-electron chi connectivity index (χ0n) is 11.4. The Labute approximate surface area is 141 Å². The minimum Gasteiger partial charge on any atom is -0.313 e. The zero-order chi connectivity index (χ0) is 14.8. The van der Waals surface area contributed by atoms with Gasteiger partial charge in [0.1, 0.15) is 0 Å². The average molecular weight is 382 g/mol. The van der Waals surface area contributed by atoms with Gasteiger partial charge in [0.25, 0.3) is 0 Å². The van der Waals surface area contributed by atoms with Crippen LogP contribution in [0.3, 0.4) is 0 Å². The Morgan fingerprint density at radius 3 is 2.81 bits per heavy atom. The van der Waals surface area contributed by atoms with Crippen molar-refractivity contribution in [3.8, 4) is 0 Å². The van der Waals surface area contributed by atoms with E-state index in [9.17, 15) is 0 Å². The number of para-hydroxylation sites is 1. The predicted molar refractivity (Wildman–Crippen MR) is 94.3 cm³/mol. The Morgan fingerprint density at radius 2 is 2.10 bits per heavy atom. The normalized spacial score (nSPS) is 12.7. The van der Waals surface area contributed by atoms with Crippen LogP contribution >= 0.6 is 38.9 Å². The number of aromatic nitrogens is 1. The van der Waals surface area contributed by atoms with E-state index < -0.39 is 0 Å². The van der Waals surface area contributed by atoms with Gasteiger partial charge in [0.05, 0.1) is 15.2 Å². The van der Waals surface area contributed by atoms with E-state index in [4.69, 9.17) is 16.6 Å². The summed E-state index contributed by atoms with van der Waals surface area (Å²) < 4.78 is 2.22. The van der Waals surface area contributed by atoms with Crippen molar-refractivity contribution < 1.29 is 0 Å². The average Bonchev–Trinajstić information content (AvgIpc) is 2.87. The molecule has 1 unspecified atom stereocenters. The van der Waals surface area contributed by atoms with Crippen LogP contribution in [0, 0.1) is 0 Å². The molecule has 3 rings (SSSR count). The third-order valence-corrected chi connectivity index (χ3v) is 5.28. The topological polar surface area (TPSA) is 24.9 Å². The van der Waals surface area contributed by atoms with Crippen LogP contribution in [0.25, 0.3) is 10.2 Å². The van der Waals surface area contributed by atoms with Crippen LogP contribution in [0.5, 0.6) is 0 Å². The smallest absolute Gasteiger partial charge is 0.0957 e. The molecule has 0 radical (unpaired) electrons. The SMILES string of the molecule is CNC(Cc1nc2ccccc2s1)c1ccc(Br)cc1Cl. The molecule has 0 amide bonds. The third-order valence-electron chi connectivity index (χ3n) is 3.40. The van der Waals surface area contributed by atoms with Gasteiger partial charge in [-0.15, -0.1) is 11.3 Å². The van der Waals surface area contributed by atoms with E-state index in [1.807, 2.05) is 31.3 Å². The fourth-order valence-corrected chi connectivity index (χ4v) is 4.15. The highest BCUT2D eigenvalue weighted by molar-refractivity contribution is 9.10. The fraction of sp³-hybridized carbons (Fsp3) is 0.188. The van der Waals surface area contributed by atoms with Gasteiger partial charge in [-0.1, -0.05) is 45.7 Å². The summed E-state index contributed by atoms with van der Waals surface area (Å²) in [5, 5.41) is 5.23. The number of hydrogen-bond donors (Lipinski definition) is 1. The summed E-state index contributed by atoms with van der Waals surface area (Å²) in [6.45, 7) is 0. The number of thiazole rings is 1. The quantitative estimate of drug-likeness (QED) is 0.670. The molecule has 21 heavy (non-hydrogen) atoms. The van der Waals surface area contributed by atoms with Crippen molar-refractivity contribution in [2.75, 3.05) is 7.05 Å². The molecule has 0 aliphatic rings. The maximum absolute atomic E-state index is 6.36. The van der Waals surface area contributed by atoms with E-state index in [-0.39, 0.29) is 6.04 Å². The van der Waals surface area contributed by atoms with Crippen LogP contribution in [0.4, 0.5) is 0 Å². The van der Waals surface area contributed by atoms with Crippen LogP contribution in [0.1, 0.15) is 16.6 Å². The monoisotopic (exact) mass is 380 g/mol. The van der Waals surface area contributed by atoms with E-state index in [2.05, 4.69) is 39.4 Å². The molecule has 0 aliphatic carbocycles. The van der Waals surface area contributed by atoms with Gasteiger partial charge in [0.2, 0.25) is 0 Å². The number of likely N-dealkylation sites (N-methyl/N-ethyl adjacent to an activating group) is 1. The molecular weight excluding hydrogens is 368 g/mol. The lowest BCUT2D eigenvalue weighted by Crippen LogP contribution is -2.19. The van der Waals surface area contributed by atoms with Crippen LogP contribution in [-0.2, 0) is 6.42 Å². The summed E-state index contributed by atoms with van der Waals surface area (Å²) in [6.07, 6.45) is 0.831. The summed E-state index contributed by atoms with van der Waals surface area (Å²) in [6, 6.07) is 14.4. The molecule has 0 fully saturated rings. The summed E-state index contributed by atoms with van der Waals surface area (Å²) >= 11 is 11.5. The molecule has 1 aromatic heterocycles. The summed E-state index contributed by atoms with van der Waals surface area (Å²) in [7, 11) is 1.95. The number of nitrogens with one attached hydrogen (secondary N) is 1. The van der Waals surface area contributed by atoms with Gasteiger partial charge >= 0.3 is 0 Å². The molecule has 5 heteroatoms. The molecule has 108 valence electrons. The first kappa shape index (κ1) is 15.0. The first-order valence-corrected chi connectivity index (χ1v) is 8.63. The molecule has 2 nitrogen and oxygen atoms in total. The largest absolute Gasteiger partial charge is 0.313 e. The molecule has 0 saturated heterocycles. The minimum atomic E-state index is 0.158. The lowest BCUT2D eigenvalue weighted by molar-refractivity contribution is 0.591. The number of halogens is 2. The number of rotatable bonds is 4. The van der Waals surface area contributed by atoms with Crippen LogP contribution < -0.4 is 5.32 Å². The van der Waals surface area contributed by atoms with Gasteiger partial charge in [-0.25, -0.2) is 4.98 Å². The van der Waals surface area contributed by atoms with Gasteiger partial charge in [0.15, 0.2) is 0 Å². The molecule has 0 saturated carbocycles. The number of hydrogen-bond acceptors (Lipinski definition) is 3. The molecule has 0 aliphatic heterocycles. The van der Waals surface area contributed by atoms with E-state index in [1.165, 1.54) is 4.70 Å². The minimum absolute atomic E-state index is 0.158. The van der Waals surface area contributed by atoms with Crippen molar-refractivity contribution in [2.24, 2.45) is 0 Å². The number of benzene rings is 2. The molecule has 2 aromatic carbocycles. The van der Waals surface area contributed by atoms with Gasteiger partial charge in [-0.3, -0.25) is 0 Å². The molecule has 1 atom stereocenters. The fourth-order valence-electron chi connectivity index (χ4n) is 2.33. The lowest BCUT2D eigenvalue weighted by atomic mass is 10.0. The molecule has 3 aromatic rings. The third kappa shape index (κ3) is 3.29. The van der Waals surface area contributed by atoms with Crippen LogP contribution in [0.2, 0.25) is 5.02 Å². The summed E-state index contributed by atoms with van der Waals surface area (Å²) in [4.78, 5) is 4.70. The number of fused-ring (bicyclic) bond motifs is 1. The van der Waals surface area contributed by atoms with E-state index >= 15 is 0 Å². The highest BCUT2D eigenvalue weighted by Gasteiger charge is 2.16. The molecule has 0 bridgehead atoms. The standard InChI is InChI=1S/C16H14BrClN2S/c1-19-14(11-7-6-10(17)8-12(11)18)9-16-20-13-4-2-3-5-15(13)21-16/h2-8,14,19H,9H2,1H3. The molecule has 0 spiro atoms. The molecule has 1 N–H and O–H groups in total. The van der Waals surface area contributed by atoms with Gasteiger partial charge in [0, 0.05) is 22.0 Å². The van der Waals surface area contributed by atoms with Crippen molar-refractivity contribution in [1.29, 1.82) is 0 Å². The van der Waals surface area contributed by atoms with E-state index in [0.29, 0.717) is 0 Å². The van der Waals surface area contributed by atoms with E-state index in [1.54, 1.807) is 11.3 Å². The predicted octanol–water partition coefficient (Wildman–Crippen LogP) is 5.22. The Balaban J connectivity index is 1.90. The van der Waals surface area contributed by atoms with Gasteiger partial charge in [-0.2, -0.15) is 0 Å². The Morgan fingerprint density at radius 1 is 1.29 bits per heavy atom. The first-order valence-electron chi connectivity index (χ1n) is 6.64. The lowest BCUT2D eigenvalue weighted by Gasteiger charge is -2.17. The summed E-state index contributed by atoms with van der Waals surface area (Å²) in [5.74, 6) is 0. The van der Waals surface area contributed by atoms with Crippen LogP contribution in [0.15, 0.2) is 46.9 Å². The zero-order valence-corrected chi connectivity index (χ0v) is 14.6. The van der Waals surface area contributed by atoms with Gasteiger partial charge < -0.3 is 5.32 Å². The molecular formula is C16H14BrClN2S. The van der Waals surface area contributed by atoms with E-state index in [0.717, 1.165) is 32.0 Å². The Kier molecular flexibility index (Phi) is 4.60. The second kappa shape index (κ2) is 6.44. The number of nitrogens with zero attached hydrogens (tertiary/aromatic N) is 1. The maximum atomic E-state index is 6.36. The van der Waals surface area contributed by atoms with Crippen LogP contribution in [-0.4, -0.2) is 12.0 Å². The first-order chi connectivity index (χ1) is 10.2. The van der Waals surface area contributed by atoms with Gasteiger partial charge in [-0.05, 0) is 36.9 Å². The second-order valence-electron chi connectivity index (χ2n) is 4.79. The van der Waals surface area contributed by atoms with Crippen molar-refractivity contribution in [3.63, 3.8) is 0 Å². The van der Waals surface area contributed by atoms with Crippen molar-refractivity contribution in [2.45, 2.75) is 12.5 Å². The second-order valence-corrected chi connectivity index (χ2v) is 7.22. The summed E-state index contributed by atoms with van der Waals surface area (Å²) in [5.41, 5.74) is 2.16. The molecule has 1 heterocycles. The van der Waals surface area contributed by atoms with Crippen molar-refractivity contribution in [1.82, 2.24) is 10.3 Å². The van der Waals surface area contributed by atoms with Crippen molar-refractivity contribution >= 4 is 49.1 Å². The van der Waals surface area contributed by atoms with Crippen molar-refractivity contribution in [3.05, 3.63) is 62.5 Å². The maximum Gasteiger partial charge on any atom is 0.0957 e. The Hall–Kier alpha value is -0.940.